The largest absolute Gasteiger partial charge is 0.464 e. The van der Waals surface area contributed by atoms with Crippen molar-refractivity contribution < 1.29 is 14.6 Å². The number of carbonyl (C=O) groups is 1. The number of aromatic amines is 1. The van der Waals surface area contributed by atoms with E-state index in [-0.39, 0.29) is 12.6 Å². The van der Waals surface area contributed by atoms with E-state index in [0.717, 1.165) is 16.8 Å². The fraction of sp³-hybridized carbons (Fsp3) is 0.267. The molecular weight excluding hydrogens is 256 g/mol. The van der Waals surface area contributed by atoms with E-state index >= 15 is 0 Å². The van der Waals surface area contributed by atoms with E-state index < -0.39 is 0 Å². The third kappa shape index (κ3) is 3.61. The fourth-order valence-corrected chi connectivity index (χ4v) is 1.89. The predicted octanol–water partition coefficient (Wildman–Crippen LogP) is 1.95. The number of anilines is 1. The zero-order chi connectivity index (χ0) is 14.4. The van der Waals surface area contributed by atoms with Gasteiger partial charge in [-0.15, -0.1) is 0 Å². The van der Waals surface area contributed by atoms with E-state index in [1.54, 1.807) is 12.3 Å². The van der Waals surface area contributed by atoms with Gasteiger partial charge >= 0.3 is 5.97 Å². The van der Waals surface area contributed by atoms with Gasteiger partial charge in [0.25, 0.3) is 0 Å². The molecule has 5 nitrogen and oxygen atoms in total. The lowest BCUT2D eigenvalue weighted by Gasteiger charge is -2.06. The van der Waals surface area contributed by atoms with Crippen LogP contribution in [0.2, 0.25) is 0 Å². The highest BCUT2D eigenvalue weighted by atomic mass is 16.5. The molecule has 2 rings (SSSR count). The molecule has 0 saturated carbocycles. The molecule has 106 valence electrons. The predicted molar refractivity (Wildman–Crippen MR) is 76.7 cm³/mol. The van der Waals surface area contributed by atoms with Gasteiger partial charge in [0.2, 0.25) is 0 Å². The lowest BCUT2D eigenvalue weighted by Crippen LogP contribution is -2.01. The first-order valence-corrected chi connectivity index (χ1v) is 6.42. The Bertz CT molecular complexity index is 561. The first-order valence-electron chi connectivity index (χ1n) is 6.42. The number of rotatable bonds is 6. The monoisotopic (exact) mass is 274 g/mol. The average Bonchev–Trinajstić information content (AvgIpc) is 2.95. The van der Waals surface area contributed by atoms with Crippen LogP contribution < -0.4 is 5.32 Å². The number of benzene rings is 1. The Hall–Kier alpha value is -2.27. The van der Waals surface area contributed by atoms with Gasteiger partial charge in [-0.05, 0) is 35.7 Å². The van der Waals surface area contributed by atoms with E-state index in [1.165, 1.54) is 7.11 Å². The molecule has 0 fully saturated rings. The molecule has 0 aliphatic carbocycles. The lowest BCUT2D eigenvalue weighted by molar-refractivity contribution is 0.0595. The quantitative estimate of drug-likeness (QED) is 0.704. The Morgan fingerprint density at radius 3 is 2.70 bits per heavy atom. The van der Waals surface area contributed by atoms with Gasteiger partial charge in [0, 0.05) is 25.0 Å². The van der Waals surface area contributed by atoms with Crippen molar-refractivity contribution in [3.63, 3.8) is 0 Å². The fourth-order valence-electron chi connectivity index (χ4n) is 1.89. The first-order chi connectivity index (χ1) is 9.72. The Morgan fingerprint density at radius 1 is 1.30 bits per heavy atom. The van der Waals surface area contributed by atoms with Crippen molar-refractivity contribution in [2.45, 2.75) is 13.0 Å². The van der Waals surface area contributed by atoms with Crippen molar-refractivity contribution >= 4 is 11.7 Å². The van der Waals surface area contributed by atoms with E-state index in [4.69, 9.17) is 5.11 Å². The summed E-state index contributed by atoms with van der Waals surface area (Å²) in [5, 5.41) is 12.1. The second kappa shape index (κ2) is 6.77. The first kappa shape index (κ1) is 14.1. The molecule has 0 radical (unpaired) electrons. The second-order valence-corrected chi connectivity index (χ2v) is 4.44. The number of hydrogen-bond donors (Lipinski definition) is 3. The summed E-state index contributed by atoms with van der Waals surface area (Å²) in [5.74, 6) is -0.371. The minimum absolute atomic E-state index is 0.159. The van der Waals surface area contributed by atoms with Crippen molar-refractivity contribution in [1.29, 1.82) is 0 Å². The van der Waals surface area contributed by atoms with Crippen molar-refractivity contribution in [2.24, 2.45) is 0 Å². The number of methoxy groups -OCH3 is 1. The van der Waals surface area contributed by atoms with Gasteiger partial charge in [-0.3, -0.25) is 0 Å². The Kier molecular flexibility index (Phi) is 4.79. The molecule has 3 N–H and O–H groups in total. The van der Waals surface area contributed by atoms with Gasteiger partial charge in [0.05, 0.1) is 7.11 Å². The summed E-state index contributed by atoms with van der Waals surface area (Å²) in [6.45, 7) is 0.777. The van der Waals surface area contributed by atoms with Crippen LogP contribution in [-0.2, 0) is 17.7 Å². The second-order valence-electron chi connectivity index (χ2n) is 4.44. The van der Waals surface area contributed by atoms with Crippen LogP contribution in [0.5, 0.6) is 0 Å². The minimum atomic E-state index is -0.371. The van der Waals surface area contributed by atoms with Crippen LogP contribution in [0.15, 0.2) is 36.5 Å². The van der Waals surface area contributed by atoms with E-state index in [1.807, 2.05) is 24.3 Å². The summed E-state index contributed by atoms with van der Waals surface area (Å²) in [4.78, 5) is 14.2. The molecule has 1 aromatic heterocycles. The summed E-state index contributed by atoms with van der Waals surface area (Å²) in [6, 6.07) is 9.67. The maximum atomic E-state index is 11.3. The molecule has 2 aromatic rings. The topological polar surface area (TPSA) is 74.3 Å². The van der Waals surface area contributed by atoms with Crippen molar-refractivity contribution in [3.8, 4) is 0 Å². The van der Waals surface area contributed by atoms with Crippen LogP contribution in [0.1, 0.15) is 21.6 Å². The number of aliphatic hydroxyl groups is 1. The molecular formula is C15H18N2O3. The van der Waals surface area contributed by atoms with Gasteiger partial charge in [0.1, 0.15) is 5.69 Å². The number of aliphatic hydroxyl groups excluding tert-OH is 1. The summed E-state index contributed by atoms with van der Waals surface area (Å²) in [5.41, 5.74) is 3.52. The highest BCUT2D eigenvalue weighted by molar-refractivity contribution is 5.87. The standard InChI is InChI=1S/C15H18N2O3/c1-20-15(19)14-8-12(10-17-14)9-16-13-4-2-11(3-5-13)6-7-18/h2-5,8,10,16-18H,6-7,9H2,1H3. The van der Waals surface area contributed by atoms with Crippen molar-refractivity contribution in [1.82, 2.24) is 4.98 Å². The Labute approximate surface area is 117 Å². The third-order valence-electron chi connectivity index (χ3n) is 3.00. The van der Waals surface area contributed by atoms with Crippen LogP contribution >= 0.6 is 0 Å². The van der Waals surface area contributed by atoms with Crippen molar-refractivity contribution in [3.05, 3.63) is 53.3 Å². The van der Waals surface area contributed by atoms with Gasteiger partial charge < -0.3 is 20.1 Å². The number of ether oxygens (including phenoxy) is 1. The molecule has 0 spiro atoms. The average molecular weight is 274 g/mol. The molecule has 0 aliphatic rings. The molecule has 20 heavy (non-hydrogen) atoms. The highest BCUT2D eigenvalue weighted by Gasteiger charge is 2.07. The number of aromatic nitrogens is 1. The number of carbonyl (C=O) groups excluding carboxylic acids is 1. The van der Waals surface area contributed by atoms with Gasteiger partial charge in [0.15, 0.2) is 0 Å². The summed E-state index contributed by atoms with van der Waals surface area (Å²) in [6.07, 6.45) is 2.44. The maximum absolute atomic E-state index is 11.3. The van der Waals surface area contributed by atoms with E-state index in [2.05, 4.69) is 15.0 Å². The number of nitrogens with one attached hydrogen (secondary N) is 2. The molecule has 0 bridgehead atoms. The minimum Gasteiger partial charge on any atom is -0.464 e. The molecule has 5 heteroatoms. The van der Waals surface area contributed by atoms with Crippen LogP contribution in [-0.4, -0.2) is 29.8 Å². The lowest BCUT2D eigenvalue weighted by atomic mass is 10.1. The summed E-state index contributed by atoms with van der Waals surface area (Å²) >= 11 is 0. The van der Waals surface area contributed by atoms with Gasteiger partial charge in [-0.1, -0.05) is 12.1 Å². The van der Waals surface area contributed by atoms with Crippen LogP contribution in [0.25, 0.3) is 0 Å². The molecule has 1 aromatic carbocycles. The molecule has 0 saturated heterocycles. The normalized spacial score (nSPS) is 10.3. The third-order valence-corrected chi connectivity index (χ3v) is 3.00. The molecule has 1 heterocycles. The molecule has 0 unspecified atom stereocenters. The highest BCUT2D eigenvalue weighted by Crippen LogP contribution is 2.12. The molecule has 0 aliphatic heterocycles. The number of hydrogen-bond acceptors (Lipinski definition) is 4. The van der Waals surface area contributed by atoms with Crippen LogP contribution in [0, 0.1) is 0 Å². The van der Waals surface area contributed by atoms with Crippen molar-refractivity contribution in [2.75, 3.05) is 19.0 Å². The number of H-pyrrole nitrogens is 1. The van der Waals surface area contributed by atoms with Crippen LogP contribution in [0.4, 0.5) is 5.69 Å². The maximum Gasteiger partial charge on any atom is 0.354 e. The summed E-state index contributed by atoms with van der Waals surface area (Å²) in [7, 11) is 1.36. The Morgan fingerprint density at radius 2 is 2.05 bits per heavy atom. The zero-order valence-corrected chi connectivity index (χ0v) is 11.3. The van der Waals surface area contributed by atoms with Gasteiger partial charge in [-0.25, -0.2) is 4.79 Å². The Balaban J connectivity index is 1.91. The zero-order valence-electron chi connectivity index (χ0n) is 11.3. The smallest absolute Gasteiger partial charge is 0.354 e. The van der Waals surface area contributed by atoms with Crippen LogP contribution in [0.3, 0.4) is 0 Å². The SMILES string of the molecule is COC(=O)c1cc(CNc2ccc(CCO)cc2)c[nH]1. The van der Waals surface area contributed by atoms with E-state index in [9.17, 15) is 4.79 Å². The summed E-state index contributed by atoms with van der Waals surface area (Å²) < 4.78 is 4.64. The number of esters is 1. The van der Waals surface area contributed by atoms with Gasteiger partial charge in [-0.2, -0.15) is 0 Å². The molecule has 0 amide bonds. The molecule has 0 atom stereocenters. The van der Waals surface area contributed by atoms with E-state index in [0.29, 0.717) is 18.7 Å².